The molecule has 0 spiro atoms. The molecule has 1 atom stereocenters. The predicted octanol–water partition coefficient (Wildman–Crippen LogP) is 4.14. The van der Waals surface area contributed by atoms with Crippen molar-refractivity contribution in [1.29, 1.82) is 4.78 Å². The molecule has 34 heavy (non-hydrogen) atoms. The number of amides is 1. The molecule has 2 fully saturated rings. The molecule has 4 rings (SSSR count). The summed E-state index contributed by atoms with van der Waals surface area (Å²) in [6, 6.07) is 2.03. The van der Waals surface area contributed by atoms with Gasteiger partial charge in [-0.05, 0) is 18.3 Å². The van der Waals surface area contributed by atoms with Crippen LogP contribution in [-0.4, -0.2) is 32.1 Å². The highest BCUT2D eigenvalue weighted by Crippen LogP contribution is 2.53. The van der Waals surface area contributed by atoms with Crippen LogP contribution in [0.15, 0.2) is 23.4 Å². The lowest BCUT2D eigenvalue weighted by Crippen LogP contribution is -2.47. The fraction of sp³-hybridized carbons (Fsp3) is 0.550. The van der Waals surface area contributed by atoms with E-state index in [0.717, 1.165) is 29.3 Å². The van der Waals surface area contributed by atoms with Crippen LogP contribution >= 0.6 is 0 Å². The topological polar surface area (TPSA) is 115 Å². The van der Waals surface area contributed by atoms with Gasteiger partial charge in [0.25, 0.3) is 10.9 Å². The Balaban J connectivity index is 1.76. The number of nitrogens with one attached hydrogen (secondary N) is 2. The van der Waals surface area contributed by atoms with Gasteiger partial charge in [-0.2, -0.15) is 23.0 Å². The Morgan fingerprint density at radius 1 is 1.38 bits per heavy atom. The van der Waals surface area contributed by atoms with Gasteiger partial charge in [-0.25, -0.2) is 17.8 Å². The van der Waals surface area contributed by atoms with Crippen molar-refractivity contribution >= 4 is 21.3 Å². The van der Waals surface area contributed by atoms with Crippen LogP contribution < -0.4 is 10.0 Å². The van der Waals surface area contributed by atoms with E-state index in [1.165, 1.54) is 6.92 Å². The Labute approximate surface area is 191 Å². The molecular formula is C20H22F5N5O3S. The summed E-state index contributed by atoms with van der Waals surface area (Å²) in [4.78, 5) is 13.1. The average molecular weight is 507 g/mol. The van der Waals surface area contributed by atoms with Gasteiger partial charge >= 0.3 is 6.18 Å². The number of pyridine rings is 1. The molecule has 2 aromatic rings. The standard InChI is InChI=1S/C20H22F5N5O3S/c1-18(8-19(21,22)9-18)10-29-16(14(20(23,24)25)15(28-29)11-3-4-11)17(31)27-12-5-6-30(32)13(7-12)34(2,26)33/h5-7,11,26H,3-4,8-10H2,1-2H3,(H,27,31). The van der Waals surface area contributed by atoms with E-state index in [0.29, 0.717) is 12.8 Å². The van der Waals surface area contributed by atoms with Gasteiger partial charge in [-0.15, -0.1) is 0 Å². The molecule has 2 saturated carbocycles. The number of alkyl halides is 5. The molecule has 0 aromatic carbocycles. The molecule has 1 amide bonds. The Hall–Kier alpha value is -2.77. The minimum atomic E-state index is -4.92. The van der Waals surface area contributed by atoms with Crippen LogP contribution in [0.5, 0.6) is 0 Å². The molecule has 2 aliphatic carbocycles. The summed E-state index contributed by atoms with van der Waals surface area (Å²) in [7, 11) is -3.50. The highest BCUT2D eigenvalue weighted by Gasteiger charge is 2.55. The maximum atomic E-state index is 14.1. The second-order valence-electron chi connectivity index (χ2n) is 9.44. The van der Waals surface area contributed by atoms with Crippen molar-refractivity contribution in [2.45, 2.75) is 62.2 Å². The lowest BCUT2D eigenvalue weighted by molar-refractivity contribution is -0.646. The quantitative estimate of drug-likeness (QED) is 0.348. The monoisotopic (exact) mass is 507 g/mol. The van der Waals surface area contributed by atoms with Gasteiger partial charge in [-0.1, -0.05) is 6.92 Å². The van der Waals surface area contributed by atoms with Gasteiger partial charge in [-0.3, -0.25) is 9.48 Å². The fourth-order valence-electron chi connectivity index (χ4n) is 4.44. The van der Waals surface area contributed by atoms with Crippen LogP contribution in [0.4, 0.5) is 27.6 Å². The van der Waals surface area contributed by atoms with E-state index in [-0.39, 0.29) is 22.7 Å². The minimum absolute atomic E-state index is 0.149. The van der Waals surface area contributed by atoms with Gasteiger partial charge < -0.3 is 10.5 Å². The maximum Gasteiger partial charge on any atom is 0.420 e. The minimum Gasteiger partial charge on any atom is -0.618 e. The van der Waals surface area contributed by atoms with Crippen LogP contribution in [0.25, 0.3) is 0 Å². The third-order valence-corrected chi connectivity index (χ3v) is 6.98. The molecule has 1 unspecified atom stereocenters. The van der Waals surface area contributed by atoms with Crippen molar-refractivity contribution in [3.8, 4) is 0 Å². The van der Waals surface area contributed by atoms with Crippen LogP contribution in [0.3, 0.4) is 0 Å². The van der Waals surface area contributed by atoms with E-state index in [9.17, 15) is 36.2 Å². The lowest BCUT2D eigenvalue weighted by atomic mass is 9.67. The first-order valence-electron chi connectivity index (χ1n) is 10.3. The average Bonchev–Trinajstić information content (AvgIpc) is 3.41. The Morgan fingerprint density at radius 3 is 2.50 bits per heavy atom. The number of hydrogen-bond acceptors (Lipinski definition) is 5. The first-order chi connectivity index (χ1) is 15.5. The zero-order valence-corrected chi connectivity index (χ0v) is 19.0. The van der Waals surface area contributed by atoms with E-state index in [4.69, 9.17) is 4.78 Å². The molecule has 0 saturated heterocycles. The fourth-order valence-corrected chi connectivity index (χ4v) is 5.19. The Kier molecular flexibility index (Phi) is 5.46. The number of hydrogen-bond donors (Lipinski definition) is 2. The summed E-state index contributed by atoms with van der Waals surface area (Å²) in [6.45, 7) is 1.19. The summed E-state index contributed by atoms with van der Waals surface area (Å²) >= 11 is 0. The van der Waals surface area contributed by atoms with Gasteiger partial charge in [0, 0.05) is 43.7 Å². The van der Waals surface area contributed by atoms with E-state index < -0.39 is 68.2 Å². The summed E-state index contributed by atoms with van der Waals surface area (Å²) in [5.74, 6) is -4.60. The lowest BCUT2D eigenvalue weighted by Gasteiger charge is -2.44. The normalized spacial score (nSPS) is 20.9. The zero-order chi connectivity index (χ0) is 25.3. The first kappa shape index (κ1) is 24.4. The number of anilines is 1. The Morgan fingerprint density at radius 2 is 2.00 bits per heavy atom. The van der Waals surface area contributed by atoms with Crippen LogP contribution in [0.2, 0.25) is 0 Å². The summed E-state index contributed by atoms with van der Waals surface area (Å²) in [5.41, 5.74) is -3.50. The summed E-state index contributed by atoms with van der Waals surface area (Å²) in [5, 5.41) is 17.6. The molecule has 186 valence electrons. The van der Waals surface area contributed by atoms with Crippen molar-refractivity contribution in [2.24, 2.45) is 5.41 Å². The van der Waals surface area contributed by atoms with Crippen molar-refractivity contribution in [1.82, 2.24) is 9.78 Å². The van der Waals surface area contributed by atoms with E-state index in [2.05, 4.69) is 10.4 Å². The Bertz CT molecular complexity index is 1260. The zero-order valence-electron chi connectivity index (χ0n) is 18.2. The number of aromatic nitrogens is 3. The molecule has 0 bridgehead atoms. The third-order valence-electron chi connectivity index (χ3n) is 5.89. The van der Waals surface area contributed by atoms with E-state index in [1.54, 1.807) is 0 Å². The van der Waals surface area contributed by atoms with Crippen molar-refractivity contribution in [3.05, 3.63) is 40.5 Å². The number of rotatable bonds is 6. The van der Waals surface area contributed by atoms with Gasteiger partial charge in [0.15, 0.2) is 6.20 Å². The summed E-state index contributed by atoms with van der Waals surface area (Å²) < 4.78 is 89.8. The van der Waals surface area contributed by atoms with E-state index in [1.807, 2.05) is 0 Å². The molecule has 2 aromatic heterocycles. The maximum absolute atomic E-state index is 14.1. The molecule has 14 heteroatoms. The number of halogens is 5. The second-order valence-corrected chi connectivity index (χ2v) is 11.5. The molecule has 2 aliphatic rings. The van der Waals surface area contributed by atoms with Crippen molar-refractivity contribution in [2.75, 3.05) is 11.6 Å². The smallest absolute Gasteiger partial charge is 0.420 e. The van der Waals surface area contributed by atoms with Crippen LogP contribution in [0, 0.1) is 15.4 Å². The summed E-state index contributed by atoms with van der Waals surface area (Å²) in [6.07, 6.45) is -3.21. The highest BCUT2D eigenvalue weighted by atomic mass is 32.2. The van der Waals surface area contributed by atoms with E-state index >= 15 is 0 Å². The van der Waals surface area contributed by atoms with Gasteiger partial charge in [0.1, 0.15) is 21.0 Å². The first-order valence-corrected chi connectivity index (χ1v) is 12.3. The highest BCUT2D eigenvalue weighted by molar-refractivity contribution is 7.91. The van der Waals surface area contributed by atoms with Gasteiger partial charge in [0.2, 0.25) is 5.92 Å². The molecule has 0 aliphatic heterocycles. The number of carbonyl (C=O) groups excluding carboxylic acids is 1. The third kappa shape index (κ3) is 4.72. The molecule has 2 N–H and O–H groups in total. The predicted molar refractivity (Wildman–Crippen MR) is 110 cm³/mol. The van der Waals surface area contributed by atoms with Gasteiger partial charge in [0.05, 0.1) is 11.4 Å². The van der Waals surface area contributed by atoms with Crippen molar-refractivity contribution < 1.29 is 35.7 Å². The SMILES string of the molecule is CC1(Cn2nc(C3CC3)c(C(F)(F)F)c2C(=O)Nc2cc[n+]([O-])c(S(C)(=N)=O)c2)CC(F)(F)C1. The molecular weight excluding hydrogens is 485 g/mol. The molecule has 0 radical (unpaired) electrons. The largest absolute Gasteiger partial charge is 0.618 e. The van der Waals surface area contributed by atoms with Crippen molar-refractivity contribution in [3.63, 3.8) is 0 Å². The van der Waals surface area contributed by atoms with Crippen LogP contribution in [-0.2, 0) is 22.5 Å². The number of nitrogens with zero attached hydrogens (tertiary/aromatic N) is 3. The molecule has 8 nitrogen and oxygen atoms in total. The van der Waals surface area contributed by atoms with Crippen LogP contribution in [0.1, 0.15) is 60.3 Å². The second kappa shape index (κ2) is 7.62. The number of carbonyl (C=O) groups is 1. The molecule has 2 heterocycles.